The average molecular weight is 401 g/mol. The van der Waals surface area contributed by atoms with Gasteiger partial charge in [0.1, 0.15) is 0 Å². The fraction of sp³-hybridized carbons (Fsp3) is 0. The van der Waals surface area contributed by atoms with Gasteiger partial charge in [0.05, 0.1) is 0 Å². The molecule has 0 aliphatic carbocycles. The van der Waals surface area contributed by atoms with Gasteiger partial charge in [-0.25, -0.2) is 13.2 Å². The van der Waals surface area contributed by atoms with Crippen molar-refractivity contribution in [2.24, 2.45) is 0 Å². The minimum atomic E-state index is -1.62. The summed E-state index contributed by atoms with van der Waals surface area (Å²) in [6, 6.07) is 1.06. The van der Waals surface area contributed by atoms with Crippen LogP contribution in [0.2, 0.25) is 0 Å². The molecule has 0 nitrogen and oxygen atoms in total. The van der Waals surface area contributed by atoms with Crippen LogP contribution in [0.4, 0.5) is 13.2 Å². The topological polar surface area (TPSA) is 0 Å². The zero-order chi connectivity index (χ0) is 16.1. The average Bonchev–Trinajstić information content (AvgIpc) is 2.46. The molecule has 0 unspecified atom stereocenters. The van der Waals surface area contributed by atoms with E-state index in [9.17, 15) is 13.2 Å². The molecule has 0 fully saturated rings. The molecule has 0 spiro atoms. The predicted molar refractivity (Wildman–Crippen MR) is 95.3 cm³/mol. The van der Waals surface area contributed by atoms with Crippen molar-refractivity contribution in [1.29, 1.82) is 0 Å². The summed E-state index contributed by atoms with van der Waals surface area (Å²) in [5.74, 6) is -4.33. The van der Waals surface area contributed by atoms with Gasteiger partial charge in [0.2, 0.25) is 0 Å². The third-order valence-electron chi connectivity index (χ3n) is 2.77. The number of hydrogen-bond acceptors (Lipinski definition) is 6. The second-order valence-electron chi connectivity index (χ2n) is 4.00. The van der Waals surface area contributed by atoms with Gasteiger partial charge in [-0.3, -0.25) is 0 Å². The Morgan fingerprint density at radius 2 is 1.00 bits per heavy atom. The number of halogens is 3. The minimum Gasteiger partial charge on any atom is -0.203 e. The van der Waals surface area contributed by atoms with Gasteiger partial charge in [0.15, 0.2) is 17.5 Å². The Morgan fingerprint density at radius 1 is 0.571 bits per heavy atom. The van der Waals surface area contributed by atoms with Crippen LogP contribution in [0.25, 0.3) is 11.1 Å². The van der Waals surface area contributed by atoms with Crippen molar-refractivity contribution in [3.8, 4) is 11.1 Å². The molecular formula is C12H7F3S6. The summed E-state index contributed by atoms with van der Waals surface area (Å²) in [4.78, 5) is 1.16. The standard InChI is InChI=1S/C12H7F3S6/c13-5-2(1-3(16)6(14)7(5)15)4-8(17)10(19)12(21)11(20)9(4)18/h1,16-21H. The summed E-state index contributed by atoms with van der Waals surface area (Å²) in [7, 11) is 0. The Bertz CT molecular complexity index is 731. The van der Waals surface area contributed by atoms with Crippen molar-refractivity contribution in [3.63, 3.8) is 0 Å². The normalized spacial score (nSPS) is 11.1. The molecule has 2 rings (SSSR count). The van der Waals surface area contributed by atoms with E-state index in [1.807, 2.05) is 0 Å². The molecule has 112 valence electrons. The smallest absolute Gasteiger partial charge is 0.196 e. The van der Waals surface area contributed by atoms with Gasteiger partial charge in [-0.1, -0.05) is 0 Å². The highest BCUT2D eigenvalue weighted by Crippen LogP contribution is 2.45. The molecule has 2 aromatic carbocycles. The molecule has 9 heteroatoms. The predicted octanol–water partition coefficient (Wildman–Crippen LogP) is 5.50. The first-order valence-corrected chi connectivity index (χ1v) is 7.92. The molecule has 2 aromatic rings. The summed E-state index contributed by atoms with van der Waals surface area (Å²) < 4.78 is 41.0. The molecular weight excluding hydrogens is 394 g/mol. The summed E-state index contributed by atoms with van der Waals surface area (Å²) in [5, 5.41) is 0. The van der Waals surface area contributed by atoms with E-state index in [1.165, 1.54) is 0 Å². The molecule has 0 N–H and O–H groups in total. The van der Waals surface area contributed by atoms with Crippen molar-refractivity contribution in [2.45, 2.75) is 29.4 Å². The quantitative estimate of drug-likeness (QED) is 0.264. The lowest BCUT2D eigenvalue weighted by Crippen LogP contribution is -1.99. The van der Waals surface area contributed by atoms with Crippen LogP contribution >= 0.6 is 75.8 Å². The number of benzene rings is 2. The van der Waals surface area contributed by atoms with Crippen LogP contribution in [0.1, 0.15) is 0 Å². The number of rotatable bonds is 1. The van der Waals surface area contributed by atoms with Crippen LogP contribution in [-0.4, -0.2) is 0 Å². The fourth-order valence-electron chi connectivity index (χ4n) is 1.71. The van der Waals surface area contributed by atoms with Gasteiger partial charge in [-0.15, -0.1) is 75.8 Å². The van der Waals surface area contributed by atoms with Crippen molar-refractivity contribution in [1.82, 2.24) is 0 Å². The van der Waals surface area contributed by atoms with Crippen LogP contribution in [-0.2, 0) is 0 Å². The van der Waals surface area contributed by atoms with Gasteiger partial charge >= 0.3 is 0 Å². The second-order valence-corrected chi connectivity index (χ2v) is 6.72. The Balaban J connectivity index is 2.93. The van der Waals surface area contributed by atoms with E-state index >= 15 is 0 Å². The Hall–Kier alpha value is 0.330. The maximum Gasteiger partial charge on any atom is 0.196 e. The largest absolute Gasteiger partial charge is 0.203 e. The van der Waals surface area contributed by atoms with Crippen molar-refractivity contribution >= 4 is 75.8 Å². The lowest BCUT2D eigenvalue weighted by Gasteiger charge is -2.17. The van der Waals surface area contributed by atoms with Crippen LogP contribution < -0.4 is 0 Å². The van der Waals surface area contributed by atoms with Gasteiger partial charge in [0.25, 0.3) is 0 Å². The van der Waals surface area contributed by atoms with Crippen LogP contribution in [0.15, 0.2) is 35.4 Å². The molecule has 0 bridgehead atoms. The van der Waals surface area contributed by atoms with E-state index in [1.54, 1.807) is 0 Å². The van der Waals surface area contributed by atoms with E-state index in [-0.39, 0.29) is 25.8 Å². The first-order valence-electron chi connectivity index (χ1n) is 5.24. The summed E-state index contributed by atoms with van der Waals surface area (Å²) in [6.07, 6.45) is 0. The van der Waals surface area contributed by atoms with Crippen LogP contribution in [0, 0.1) is 17.5 Å². The number of thiol groups is 6. The molecule has 0 heterocycles. The third kappa shape index (κ3) is 2.92. The highest BCUT2D eigenvalue weighted by Gasteiger charge is 2.24. The molecule has 0 radical (unpaired) electrons. The Kier molecular flexibility index (Phi) is 5.43. The molecule has 21 heavy (non-hydrogen) atoms. The lowest BCUT2D eigenvalue weighted by molar-refractivity contribution is 0.437. The molecule has 0 saturated carbocycles. The van der Waals surface area contributed by atoms with Crippen LogP contribution in [0.3, 0.4) is 0 Å². The molecule has 0 amide bonds. The Morgan fingerprint density at radius 3 is 1.48 bits per heavy atom. The zero-order valence-corrected chi connectivity index (χ0v) is 15.3. The maximum atomic E-state index is 14.1. The van der Waals surface area contributed by atoms with E-state index in [0.29, 0.717) is 14.7 Å². The van der Waals surface area contributed by atoms with Gasteiger partial charge in [-0.2, -0.15) is 0 Å². The highest BCUT2D eigenvalue weighted by molar-refractivity contribution is 7.87. The highest BCUT2D eigenvalue weighted by atomic mass is 32.1. The molecule has 0 aliphatic rings. The minimum absolute atomic E-state index is 0.140. The van der Waals surface area contributed by atoms with Crippen molar-refractivity contribution in [3.05, 3.63) is 23.5 Å². The summed E-state index contributed by atoms with van der Waals surface area (Å²) in [5.41, 5.74) is -0.0889. The van der Waals surface area contributed by atoms with E-state index in [0.717, 1.165) is 6.07 Å². The van der Waals surface area contributed by atoms with Crippen molar-refractivity contribution in [2.75, 3.05) is 0 Å². The summed E-state index contributed by atoms with van der Waals surface area (Å²) >= 11 is 24.9. The van der Waals surface area contributed by atoms with Gasteiger partial charge < -0.3 is 0 Å². The van der Waals surface area contributed by atoms with E-state index < -0.39 is 17.5 Å². The zero-order valence-electron chi connectivity index (χ0n) is 9.89. The monoisotopic (exact) mass is 400 g/mol. The lowest BCUT2D eigenvalue weighted by atomic mass is 10.0. The molecule has 0 aromatic heterocycles. The van der Waals surface area contributed by atoms with Crippen LogP contribution in [0.5, 0.6) is 0 Å². The molecule has 0 atom stereocenters. The first-order chi connectivity index (χ1) is 9.68. The molecule has 0 saturated heterocycles. The summed E-state index contributed by atoms with van der Waals surface area (Å²) in [6.45, 7) is 0. The van der Waals surface area contributed by atoms with E-state index in [2.05, 4.69) is 75.8 Å². The fourth-order valence-corrected chi connectivity index (χ4v) is 3.65. The van der Waals surface area contributed by atoms with Crippen molar-refractivity contribution < 1.29 is 13.2 Å². The third-order valence-corrected chi connectivity index (χ3v) is 6.04. The Labute approximate surface area is 152 Å². The second kappa shape index (κ2) is 6.45. The maximum absolute atomic E-state index is 14.1. The van der Waals surface area contributed by atoms with Gasteiger partial charge in [0, 0.05) is 40.5 Å². The SMILES string of the molecule is Fc1c(S)cc(-c2c(S)c(S)c(S)c(S)c2S)c(F)c1F. The molecule has 0 aliphatic heterocycles. The van der Waals surface area contributed by atoms with Gasteiger partial charge in [-0.05, 0) is 6.07 Å². The first kappa shape index (κ1) is 17.7. The van der Waals surface area contributed by atoms with E-state index in [4.69, 9.17) is 0 Å². The number of hydrogen-bond donors (Lipinski definition) is 6.